The molecule has 1 N–H and O–H groups in total. The van der Waals surface area contributed by atoms with E-state index in [-0.39, 0.29) is 47.0 Å². The Morgan fingerprint density at radius 3 is 2.68 bits per heavy atom. The van der Waals surface area contributed by atoms with Crippen LogP contribution in [0.3, 0.4) is 0 Å². The molecule has 1 aromatic rings. The minimum absolute atomic E-state index is 0. The standard InChI is InChI=1S/C20H25NO3.Na/c1-3-17(21-24-4-2)20-18(22)11-16(12-19(20)23)15-9-8-13-6-5-7-14(13)10-15;/h8-10,16,22H,3-7,11-12H2,1-2H3;. The average Bonchev–Trinajstić information content (AvgIpc) is 3.04. The number of ketones is 1. The Morgan fingerprint density at radius 1 is 1.24 bits per heavy atom. The monoisotopic (exact) mass is 350 g/mol. The number of allylic oxidation sites excluding steroid dienone is 2. The summed E-state index contributed by atoms with van der Waals surface area (Å²) < 4.78 is 0. The number of carbonyl (C=O) groups excluding carboxylic acids is 1. The van der Waals surface area contributed by atoms with Crippen molar-refractivity contribution in [2.24, 2.45) is 5.16 Å². The molecule has 2 aliphatic carbocycles. The molecule has 0 bridgehead atoms. The van der Waals surface area contributed by atoms with E-state index >= 15 is 0 Å². The molecular weight excluding hydrogens is 325 g/mol. The molecule has 1 aromatic carbocycles. The molecule has 0 heterocycles. The number of aliphatic hydroxyl groups excluding tert-OH is 1. The molecule has 129 valence electrons. The van der Waals surface area contributed by atoms with Gasteiger partial charge in [0, 0.05) is 42.4 Å². The summed E-state index contributed by atoms with van der Waals surface area (Å²) in [5, 5.41) is 14.5. The first kappa shape index (κ1) is 20.2. The number of nitrogens with zero attached hydrogens (tertiary/aromatic N) is 1. The molecule has 1 radical (unpaired) electrons. The minimum atomic E-state index is -0.0375. The first-order chi connectivity index (χ1) is 11.6. The number of hydrogen-bond donors (Lipinski definition) is 1. The molecule has 0 saturated carbocycles. The zero-order chi connectivity index (χ0) is 17.1. The number of oxime groups is 1. The Hall–Kier alpha value is -1.10. The third kappa shape index (κ3) is 4.36. The summed E-state index contributed by atoms with van der Waals surface area (Å²) in [5.74, 6) is 0.166. The molecule has 0 aliphatic heterocycles. The number of fused-ring (bicyclic) bond motifs is 1. The zero-order valence-electron chi connectivity index (χ0n) is 15.5. The number of benzene rings is 1. The number of hydrogen-bond acceptors (Lipinski definition) is 4. The van der Waals surface area contributed by atoms with Gasteiger partial charge in [-0.25, -0.2) is 0 Å². The maximum absolute atomic E-state index is 12.6. The summed E-state index contributed by atoms with van der Waals surface area (Å²) in [5.41, 5.74) is 4.91. The molecule has 1 atom stereocenters. The molecule has 0 saturated heterocycles. The quantitative estimate of drug-likeness (QED) is 0.498. The average molecular weight is 350 g/mol. The summed E-state index contributed by atoms with van der Waals surface area (Å²) in [6, 6.07) is 6.54. The van der Waals surface area contributed by atoms with E-state index in [1.54, 1.807) is 0 Å². The van der Waals surface area contributed by atoms with Gasteiger partial charge < -0.3 is 9.94 Å². The van der Waals surface area contributed by atoms with Crippen LogP contribution in [0, 0.1) is 0 Å². The van der Waals surface area contributed by atoms with Crippen molar-refractivity contribution in [3.05, 3.63) is 46.2 Å². The predicted molar refractivity (Wildman–Crippen MR) is 100 cm³/mol. The van der Waals surface area contributed by atoms with E-state index in [2.05, 4.69) is 23.4 Å². The summed E-state index contributed by atoms with van der Waals surface area (Å²) >= 11 is 0. The van der Waals surface area contributed by atoms with Crippen LogP contribution in [0.4, 0.5) is 0 Å². The maximum atomic E-state index is 12.6. The molecule has 25 heavy (non-hydrogen) atoms. The SMILES string of the molecule is CCON=C(CC)C1=C(O)CC(c2ccc3c(c2)CCC3)CC1=O.[Na]. The van der Waals surface area contributed by atoms with Crippen LogP contribution in [0.25, 0.3) is 0 Å². The van der Waals surface area contributed by atoms with Crippen molar-refractivity contribution in [1.82, 2.24) is 0 Å². The van der Waals surface area contributed by atoms with Gasteiger partial charge in [0.1, 0.15) is 12.4 Å². The van der Waals surface area contributed by atoms with E-state index in [1.165, 1.54) is 17.5 Å². The van der Waals surface area contributed by atoms with E-state index in [4.69, 9.17) is 4.84 Å². The predicted octanol–water partition coefficient (Wildman–Crippen LogP) is 3.86. The van der Waals surface area contributed by atoms with Crippen LogP contribution in [0.15, 0.2) is 34.7 Å². The third-order valence-corrected chi connectivity index (χ3v) is 4.96. The van der Waals surface area contributed by atoms with E-state index in [9.17, 15) is 9.90 Å². The molecular formula is C20H25NNaO3. The van der Waals surface area contributed by atoms with Gasteiger partial charge in [-0.3, -0.25) is 4.79 Å². The van der Waals surface area contributed by atoms with Crippen LogP contribution >= 0.6 is 0 Å². The Morgan fingerprint density at radius 2 is 2.00 bits per heavy atom. The Labute approximate surface area is 171 Å². The summed E-state index contributed by atoms with van der Waals surface area (Å²) in [6.45, 7) is 4.21. The topological polar surface area (TPSA) is 58.9 Å². The van der Waals surface area contributed by atoms with Crippen molar-refractivity contribution >= 4 is 41.1 Å². The summed E-state index contributed by atoms with van der Waals surface area (Å²) in [7, 11) is 0. The van der Waals surface area contributed by atoms with Crippen molar-refractivity contribution in [2.75, 3.05) is 6.61 Å². The van der Waals surface area contributed by atoms with Crippen LogP contribution in [0.1, 0.15) is 62.1 Å². The van der Waals surface area contributed by atoms with Gasteiger partial charge in [-0.15, -0.1) is 0 Å². The second kappa shape index (κ2) is 9.02. The third-order valence-electron chi connectivity index (χ3n) is 4.96. The first-order valence-electron chi connectivity index (χ1n) is 8.90. The second-order valence-electron chi connectivity index (χ2n) is 6.54. The molecule has 0 spiro atoms. The van der Waals surface area contributed by atoms with Gasteiger partial charge in [-0.1, -0.05) is 30.3 Å². The number of aryl methyl sites for hydroxylation is 2. The fourth-order valence-corrected chi connectivity index (χ4v) is 3.73. The number of carbonyl (C=O) groups is 1. The Kier molecular flexibility index (Phi) is 7.29. The molecule has 0 aromatic heterocycles. The van der Waals surface area contributed by atoms with Crippen molar-refractivity contribution in [1.29, 1.82) is 0 Å². The molecule has 0 fully saturated rings. The number of rotatable bonds is 5. The maximum Gasteiger partial charge on any atom is 0.168 e. The fraction of sp³-hybridized carbons (Fsp3) is 0.500. The Bertz CT molecular complexity index is 709. The number of aliphatic hydroxyl groups is 1. The van der Waals surface area contributed by atoms with Crippen molar-refractivity contribution in [2.45, 2.75) is 58.3 Å². The summed E-state index contributed by atoms with van der Waals surface area (Å²) in [6.07, 6.45) is 4.97. The molecule has 3 rings (SSSR count). The van der Waals surface area contributed by atoms with Crippen molar-refractivity contribution in [3.63, 3.8) is 0 Å². The van der Waals surface area contributed by atoms with Crippen LogP contribution in [-0.2, 0) is 22.5 Å². The van der Waals surface area contributed by atoms with Gasteiger partial charge >= 0.3 is 0 Å². The first-order valence-corrected chi connectivity index (χ1v) is 8.90. The van der Waals surface area contributed by atoms with Crippen molar-refractivity contribution in [3.8, 4) is 0 Å². The van der Waals surface area contributed by atoms with Crippen LogP contribution in [0.2, 0.25) is 0 Å². The van der Waals surface area contributed by atoms with Crippen LogP contribution in [0.5, 0.6) is 0 Å². The fourth-order valence-electron chi connectivity index (χ4n) is 3.73. The van der Waals surface area contributed by atoms with Crippen molar-refractivity contribution < 1.29 is 14.7 Å². The molecule has 2 aliphatic rings. The van der Waals surface area contributed by atoms with Crippen LogP contribution < -0.4 is 0 Å². The van der Waals surface area contributed by atoms with Gasteiger partial charge in [0.25, 0.3) is 0 Å². The van der Waals surface area contributed by atoms with E-state index in [0.717, 1.165) is 18.4 Å². The molecule has 5 heteroatoms. The van der Waals surface area contributed by atoms with E-state index in [1.807, 2.05) is 13.8 Å². The van der Waals surface area contributed by atoms with Gasteiger partial charge in [-0.2, -0.15) is 0 Å². The zero-order valence-corrected chi connectivity index (χ0v) is 17.5. The molecule has 4 nitrogen and oxygen atoms in total. The minimum Gasteiger partial charge on any atom is -0.511 e. The smallest absolute Gasteiger partial charge is 0.168 e. The van der Waals surface area contributed by atoms with Gasteiger partial charge in [0.2, 0.25) is 0 Å². The largest absolute Gasteiger partial charge is 0.511 e. The number of Topliss-reactive ketones (excluding diaryl/α,β-unsaturated/α-hetero) is 1. The second-order valence-corrected chi connectivity index (χ2v) is 6.54. The van der Waals surface area contributed by atoms with Crippen LogP contribution in [-0.4, -0.2) is 52.8 Å². The van der Waals surface area contributed by atoms with E-state index < -0.39 is 0 Å². The normalized spacial score (nSPS) is 20.3. The van der Waals surface area contributed by atoms with Gasteiger partial charge in [-0.05, 0) is 55.2 Å². The molecule has 0 amide bonds. The van der Waals surface area contributed by atoms with E-state index in [0.29, 0.717) is 37.2 Å². The Balaban J connectivity index is 0.00000225. The van der Waals surface area contributed by atoms with Gasteiger partial charge in [0.15, 0.2) is 5.78 Å². The summed E-state index contributed by atoms with van der Waals surface area (Å²) in [4.78, 5) is 17.7. The molecule has 1 unspecified atom stereocenters. The van der Waals surface area contributed by atoms with Gasteiger partial charge in [0.05, 0.1) is 11.3 Å².